The van der Waals surface area contributed by atoms with E-state index in [0.717, 1.165) is 17.0 Å². The lowest BCUT2D eigenvalue weighted by molar-refractivity contribution is -0.138. The summed E-state index contributed by atoms with van der Waals surface area (Å²) in [5.41, 5.74) is 2.60. The summed E-state index contributed by atoms with van der Waals surface area (Å²) in [7, 11) is 1.33. The van der Waals surface area contributed by atoms with Crippen molar-refractivity contribution in [3.63, 3.8) is 0 Å². The summed E-state index contributed by atoms with van der Waals surface area (Å²) in [4.78, 5) is 26.2. The van der Waals surface area contributed by atoms with Crippen molar-refractivity contribution in [2.75, 3.05) is 13.7 Å². The van der Waals surface area contributed by atoms with E-state index in [-0.39, 0.29) is 22.5 Å². The van der Waals surface area contributed by atoms with E-state index >= 15 is 0 Å². The Bertz CT molecular complexity index is 1410. The molecule has 4 rings (SSSR count). The lowest BCUT2D eigenvalue weighted by Gasteiger charge is -2.23. The Balaban J connectivity index is 1.89. The summed E-state index contributed by atoms with van der Waals surface area (Å²) in [6, 6.07) is 15.8. The fourth-order valence-corrected chi connectivity index (χ4v) is 3.76. The van der Waals surface area contributed by atoms with Crippen molar-refractivity contribution in [1.29, 1.82) is 5.26 Å². The van der Waals surface area contributed by atoms with Gasteiger partial charge in [0.25, 0.3) is 11.8 Å². The van der Waals surface area contributed by atoms with Crippen LogP contribution in [0, 0.1) is 17.1 Å². The molecule has 0 bridgehead atoms. The van der Waals surface area contributed by atoms with Crippen molar-refractivity contribution >= 4 is 17.9 Å². The third kappa shape index (κ3) is 4.49. The number of hydrogen-bond donors (Lipinski definition) is 0. The molecule has 0 N–H and O–H groups in total. The van der Waals surface area contributed by atoms with E-state index in [1.165, 1.54) is 13.1 Å². The molecule has 7 nitrogen and oxygen atoms in total. The van der Waals surface area contributed by atoms with Crippen LogP contribution in [0.5, 0.6) is 5.75 Å². The quantitative estimate of drug-likeness (QED) is 0.385. The molecule has 8 heteroatoms. The van der Waals surface area contributed by atoms with Gasteiger partial charge in [0.1, 0.15) is 17.3 Å². The largest absolute Gasteiger partial charge is 0.491 e. The van der Waals surface area contributed by atoms with E-state index in [2.05, 4.69) is 5.10 Å². The van der Waals surface area contributed by atoms with Crippen LogP contribution >= 0.6 is 0 Å². The summed E-state index contributed by atoms with van der Waals surface area (Å²) in [5.74, 6) is -1.54. The topological polar surface area (TPSA) is 88.2 Å². The highest BCUT2D eigenvalue weighted by atomic mass is 19.1. The minimum absolute atomic E-state index is 0.0983. The lowest BCUT2D eigenvalue weighted by atomic mass is 9.93. The fourth-order valence-electron chi connectivity index (χ4n) is 3.76. The molecule has 0 saturated heterocycles. The average Bonchev–Trinajstić information content (AvgIpc) is 3.29. The number of halogens is 1. The van der Waals surface area contributed by atoms with Crippen LogP contribution in [0.2, 0.25) is 0 Å². The van der Waals surface area contributed by atoms with Gasteiger partial charge in [-0.3, -0.25) is 14.5 Å². The van der Waals surface area contributed by atoms with E-state index in [9.17, 15) is 19.2 Å². The fraction of sp³-hybridized carbons (Fsp3) is 0.185. The standard InChI is InChI=1S/C27H23FN4O3/c1-4-12-35-24-11-10-18(14-23(24)28)25-19(16-32(30-25)20-8-6-5-7-9-20)13-21-17(2)22(15-29)27(34)31(3)26(21)33/h5-11,13-14,16H,4,12H2,1-3H3/b21-13+. The molecule has 1 aromatic heterocycles. The predicted molar refractivity (Wildman–Crippen MR) is 129 cm³/mol. The van der Waals surface area contributed by atoms with Crippen molar-refractivity contribution in [1.82, 2.24) is 14.7 Å². The maximum Gasteiger partial charge on any atom is 0.271 e. The Morgan fingerprint density at radius 1 is 1.14 bits per heavy atom. The molecule has 0 spiro atoms. The molecule has 2 heterocycles. The summed E-state index contributed by atoms with van der Waals surface area (Å²) in [6.07, 6.45) is 4.06. The van der Waals surface area contributed by atoms with Crippen LogP contribution in [-0.2, 0) is 9.59 Å². The van der Waals surface area contributed by atoms with Crippen molar-refractivity contribution in [2.45, 2.75) is 20.3 Å². The Morgan fingerprint density at radius 2 is 1.89 bits per heavy atom. The van der Waals surface area contributed by atoms with Gasteiger partial charge in [-0.2, -0.15) is 10.4 Å². The first-order chi connectivity index (χ1) is 16.8. The van der Waals surface area contributed by atoms with Crippen LogP contribution in [0.25, 0.3) is 23.0 Å². The molecule has 0 fully saturated rings. The van der Waals surface area contributed by atoms with Crippen LogP contribution in [0.4, 0.5) is 4.39 Å². The number of likely N-dealkylation sites (N-methyl/N-ethyl adjacent to an activating group) is 1. The van der Waals surface area contributed by atoms with E-state index < -0.39 is 17.6 Å². The number of aromatic nitrogens is 2. The molecule has 3 aromatic rings. The number of benzene rings is 2. The second-order valence-electron chi connectivity index (χ2n) is 8.05. The van der Waals surface area contributed by atoms with Gasteiger partial charge in [0, 0.05) is 29.9 Å². The number of ether oxygens (including phenoxy) is 1. The van der Waals surface area contributed by atoms with Gasteiger partial charge < -0.3 is 4.74 Å². The molecule has 176 valence electrons. The average molecular weight is 471 g/mol. The van der Waals surface area contributed by atoms with Gasteiger partial charge in [0.05, 0.1) is 12.3 Å². The number of carbonyl (C=O) groups excluding carboxylic acids is 2. The van der Waals surface area contributed by atoms with Crippen LogP contribution in [-0.4, -0.2) is 40.1 Å². The molecule has 0 atom stereocenters. The summed E-state index contributed by atoms with van der Waals surface area (Å²) < 4.78 is 21.9. The van der Waals surface area contributed by atoms with Crippen molar-refractivity contribution in [3.05, 3.63) is 82.8 Å². The molecule has 35 heavy (non-hydrogen) atoms. The van der Waals surface area contributed by atoms with Gasteiger partial charge in [-0.05, 0) is 55.3 Å². The van der Waals surface area contributed by atoms with E-state index in [0.29, 0.717) is 23.4 Å². The third-order valence-corrected chi connectivity index (χ3v) is 5.67. The van der Waals surface area contributed by atoms with E-state index in [4.69, 9.17) is 4.74 Å². The second kappa shape index (κ2) is 9.77. The smallest absolute Gasteiger partial charge is 0.271 e. The Hall–Kier alpha value is -4.51. The summed E-state index contributed by atoms with van der Waals surface area (Å²) in [5, 5.41) is 14.1. The predicted octanol–water partition coefficient (Wildman–Crippen LogP) is 4.69. The summed E-state index contributed by atoms with van der Waals surface area (Å²) in [6.45, 7) is 3.90. The van der Waals surface area contributed by atoms with Gasteiger partial charge in [0.2, 0.25) is 0 Å². The number of nitriles is 1. The zero-order chi connectivity index (χ0) is 25.1. The Labute approximate surface area is 202 Å². The number of hydrogen-bond acceptors (Lipinski definition) is 5. The molecular formula is C27H23FN4O3. The zero-order valence-electron chi connectivity index (χ0n) is 19.6. The normalized spacial score (nSPS) is 15.1. The Kier molecular flexibility index (Phi) is 6.60. The molecule has 0 saturated carbocycles. The molecule has 0 aliphatic carbocycles. The minimum Gasteiger partial charge on any atom is -0.491 e. The highest BCUT2D eigenvalue weighted by Crippen LogP contribution is 2.32. The monoisotopic (exact) mass is 470 g/mol. The number of nitrogens with zero attached hydrogens (tertiary/aromatic N) is 4. The number of carbonyl (C=O) groups is 2. The molecule has 0 radical (unpaired) electrons. The maximum atomic E-state index is 14.8. The van der Waals surface area contributed by atoms with Crippen LogP contribution in [0.1, 0.15) is 25.8 Å². The van der Waals surface area contributed by atoms with Crippen molar-refractivity contribution in [2.24, 2.45) is 0 Å². The first-order valence-electron chi connectivity index (χ1n) is 11.1. The molecular weight excluding hydrogens is 447 g/mol. The number of amides is 2. The highest BCUT2D eigenvalue weighted by Gasteiger charge is 2.33. The first kappa shape index (κ1) is 23.6. The van der Waals surface area contributed by atoms with Gasteiger partial charge in [-0.1, -0.05) is 25.1 Å². The van der Waals surface area contributed by atoms with Gasteiger partial charge >= 0.3 is 0 Å². The molecule has 0 unspecified atom stereocenters. The van der Waals surface area contributed by atoms with Crippen molar-refractivity contribution < 1.29 is 18.7 Å². The third-order valence-electron chi connectivity index (χ3n) is 5.67. The highest BCUT2D eigenvalue weighted by molar-refractivity contribution is 6.19. The molecule has 2 aromatic carbocycles. The maximum absolute atomic E-state index is 14.8. The van der Waals surface area contributed by atoms with E-state index in [1.807, 2.05) is 43.3 Å². The first-order valence-corrected chi connectivity index (χ1v) is 11.1. The zero-order valence-corrected chi connectivity index (χ0v) is 19.6. The van der Waals surface area contributed by atoms with Crippen LogP contribution in [0.3, 0.4) is 0 Å². The SMILES string of the molecule is CCCOc1ccc(-c2nn(-c3ccccc3)cc2/C=C2/C(=O)N(C)C(=O)C(C#N)=C2C)cc1F. The molecule has 1 aliphatic heterocycles. The number of rotatable bonds is 6. The van der Waals surface area contributed by atoms with Gasteiger partial charge in [-0.25, -0.2) is 9.07 Å². The number of para-hydroxylation sites is 1. The second-order valence-corrected chi connectivity index (χ2v) is 8.05. The van der Waals surface area contributed by atoms with Crippen LogP contribution in [0.15, 0.2) is 71.4 Å². The summed E-state index contributed by atoms with van der Waals surface area (Å²) >= 11 is 0. The molecule has 1 aliphatic rings. The van der Waals surface area contributed by atoms with Gasteiger partial charge in [-0.15, -0.1) is 0 Å². The van der Waals surface area contributed by atoms with Gasteiger partial charge in [0.15, 0.2) is 11.6 Å². The number of imide groups is 1. The molecule has 2 amide bonds. The lowest BCUT2D eigenvalue weighted by Crippen LogP contribution is -2.39. The van der Waals surface area contributed by atoms with Crippen LogP contribution < -0.4 is 4.74 Å². The minimum atomic E-state index is -0.642. The van der Waals surface area contributed by atoms with E-state index in [1.54, 1.807) is 36.0 Å². The Morgan fingerprint density at radius 3 is 2.54 bits per heavy atom. The van der Waals surface area contributed by atoms with Crippen molar-refractivity contribution in [3.8, 4) is 28.8 Å².